The Morgan fingerprint density at radius 3 is 2.02 bits per heavy atom. The van der Waals surface area contributed by atoms with Crippen molar-refractivity contribution in [2.24, 2.45) is 0 Å². The second kappa shape index (κ2) is 15.2. The van der Waals surface area contributed by atoms with Crippen molar-refractivity contribution in [3.8, 4) is 5.75 Å². The summed E-state index contributed by atoms with van der Waals surface area (Å²) < 4.78 is 34.4. The van der Waals surface area contributed by atoms with Crippen molar-refractivity contribution in [1.82, 2.24) is 10.2 Å². The number of ether oxygens (including phenoxy) is 1. The fourth-order valence-corrected chi connectivity index (χ4v) is 6.24. The van der Waals surface area contributed by atoms with Gasteiger partial charge in [0.15, 0.2) is 0 Å². The van der Waals surface area contributed by atoms with E-state index in [9.17, 15) is 18.0 Å². The first-order valence-electron chi connectivity index (χ1n) is 14.6. The first kappa shape index (κ1) is 32.3. The molecular weight excluding hydrogens is 574 g/mol. The quantitative estimate of drug-likeness (QED) is 0.207. The van der Waals surface area contributed by atoms with Crippen molar-refractivity contribution in [2.45, 2.75) is 44.2 Å². The van der Waals surface area contributed by atoms with Crippen LogP contribution in [0.25, 0.3) is 0 Å². The maximum Gasteiger partial charge on any atom is 0.264 e. The zero-order valence-electron chi connectivity index (χ0n) is 25.3. The van der Waals surface area contributed by atoms with E-state index in [1.165, 1.54) is 24.1 Å². The molecule has 0 aliphatic heterocycles. The topological polar surface area (TPSA) is 96.0 Å². The molecule has 2 amide bonds. The third kappa shape index (κ3) is 8.26. The molecule has 0 fully saturated rings. The second-order valence-electron chi connectivity index (χ2n) is 10.5. The van der Waals surface area contributed by atoms with Crippen LogP contribution in [0.2, 0.25) is 0 Å². The summed E-state index contributed by atoms with van der Waals surface area (Å²) in [6, 6.07) is 30.9. The molecule has 8 nitrogen and oxygen atoms in total. The van der Waals surface area contributed by atoms with Crippen LogP contribution in [0.15, 0.2) is 114 Å². The van der Waals surface area contributed by atoms with Crippen molar-refractivity contribution < 1.29 is 22.7 Å². The van der Waals surface area contributed by atoms with Gasteiger partial charge in [-0.3, -0.25) is 13.9 Å². The molecule has 0 spiro atoms. The van der Waals surface area contributed by atoms with Gasteiger partial charge in [-0.15, -0.1) is 0 Å². The van der Waals surface area contributed by atoms with Gasteiger partial charge in [-0.25, -0.2) is 8.42 Å². The lowest BCUT2D eigenvalue weighted by molar-refractivity contribution is -0.140. The van der Waals surface area contributed by atoms with E-state index < -0.39 is 28.5 Å². The Balaban J connectivity index is 1.78. The Morgan fingerprint density at radius 2 is 1.43 bits per heavy atom. The van der Waals surface area contributed by atoms with Gasteiger partial charge in [-0.05, 0) is 60.9 Å². The molecule has 0 heterocycles. The van der Waals surface area contributed by atoms with Crippen LogP contribution in [0.4, 0.5) is 5.69 Å². The van der Waals surface area contributed by atoms with Gasteiger partial charge in [0.1, 0.15) is 18.3 Å². The van der Waals surface area contributed by atoms with Gasteiger partial charge >= 0.3 is 0 Å². The zero-order chi connectivity index (χ0) is 31.5. The summed E-state index contributed by atoms with van der Waals surface area (Å²) in [5, 5.41) is 2.96. The molecule has 0 radical (unpaired) electrons. The van der Waals surface area contributed by atoms with E-state index in [-0.39, 0.29) is 23.8 Å². The average Bonchev–Trinajstić information content (AvgIpc) is 3.05. The monoisotopic (exact) mass is 613 g/mol. The molecule has 1 N–H and O–H groups in total. The van der Waals surface area contributed by atoms with Crippen molar-refractivity contribution >= 4 is 27.5 Å². The molecule has 4 aromatic carbocycles. The van der Waals surface area contributed by atoms with Gasteiger partial charge in [0.2, 0.25) is 11.8 Å². The van der Waals surface area contributed by atoms with E-state index in [0.29, 0.717) is 18.0 Å². The summed E-state index contributed by atoms with van der Waals surface area (Å²) in [5.41, 5.74) is 3.07. The fourth-order valence-electron chi connectivity index (χ4n) is 4.81. The number of hydrogen-bond acceptors (Lipinski definition) is 5. The van der Waals surface area contributed by atoms with Gasteiger partial charge in [0.25, 0.3) is 10.0 Å². The number of amides is 2. The van der Waals surface area contributed by atoms with Crippen LogP contribution < -0.4 is 14.4 Å². The minimum absolute atomic E-state index is 0.0511. The number of sulfonamides is 1. The van der Waals surface area contributed by atoms with Crippen molar-refractivity contribution in [2.75, 3.05) is 24.5 Å². The van der Waals surface area contributed by atoms with E-state index in [1.807, 2.05) is 68.4 Å². The number of benzene rings is 4. The minimum Gasteiger partial charge on any atom is -0.497 e. The molecule has 44 heavy (non-hydrogen) atoms. The van der Waals surface area contributed by atoms with Crippen LogP contribution in [0.5, 0.6) is 5.75 Å². The van der Waals surface area contributed by atoms with Gasteiger partial charge in [-0.1, -0.05) is 85.3 Å². The molecular formula is C35H39N3O5S. The smallest absolute Gasteiger partial charge is 0.264 e. The summed E-state index contributed by atoms with van der Waals surface area (Å²) in [4.78, 5) is 29.7. The lowest BCUT2D eigenvalue weighted by atomic mass is 10.0. The molecule has 0 saturated heterocycles. The predicted molar refractivity (Wildman–Crippen MR) is 173 cm³/mol. The fraction of sp³-hybridized carbons (Fsp3) is 0.257. The van der Waals surface area contributed by atoms with Crippen LogP contribution in [0.1, 0.15) is 30.0 Å². The average molecular weight is 614 g/mol. The first-order chi connectivity index (χ1) is 21.2. The predicted octanol–water partition coefficient (Wildman–Crippen LogP) is 5.37. The molecule has 9 heteroatoms. The molecule has 0 unspecified atom stereocenters. The number of methoxy groups -OCH3 is 1. The van der Waals surface area contributed by atoms with E-state index in [0.717, 1.165) is 27.4 Å². The van der Waals surface area contributed by atoms with E-state index in [4.69, 9.17) is 4.74 Å². The third-order valence-corrected chi connectivity index (χ3v) is 9.05. The summed E-state index contributed by atoms with van der Waals surface area (Å²) in [6.07, 6.45) is 0.998. The molecule has 0 saturated carbocycles. The maximum atomic E-state index is 14.4. The minimum atomic E-state index is -4.16. The summed E-state index contributed by atoms with van der Waals surface area (Å²) in [6.45, 7) is 4.00. The molecule has 0 bridgehead atoms. The third-order valence-electron chi connectivity index (χ3n) is 7.26. The number of carbonyl (C=O) groups excluding carboxylic acids is 2. The van der Waals surface area contributed by atoms with Crippen LogP contribution in [-0.2, 0) is 32.6 Å². The highest BCUT2D eigenvalue weighted by atomic mass is 32.2. The summed E-state index contributed by atoms with van der Waals surface area (Å²) in [5.74, 6) is -0.250. The van der Waals surface area contributed by atoms with Gasteiger partial charge < -0.3 is 15.0 Å². The molecule has 230 valence electrons. The number of nitrogens with zero attached hydrogens (tertiary/aromatic N) is 2. The lowest BCUT2D eigenvalue weighted by Gasteiger charge is -2.34. The normalized spacial score (nSPS) is 11.8. The highest BCUT2D eigenvalue weighted by molar-refractivity contribution is 7.92. The molecule has 4 aromatic rings. The van der Waals surface area contributed by atoms with Crippen molar-refractivity contribution in [3.05, 3.63) is 126 Å². The molecule has 0 aromatic heterocycles. The Hall–Kier alpha value is -4.63. The highest BCUT2D eigenvalue weighted by Gasteiger charge is 2.34. The number of aryl methyl sites for hydroxylation is 1. The van der Waals surface area contributed by atoms with Crippen LogP contribution in [-0.4, -0.2) is 51.4 Å². The van der Waals surface area contributed by atoms with Crippen LogP contribution >= 0.6 is 0 Å². The Morgan fingerprint density at radius 1 is 0.818 bits per heavy atom. The molecule has 0 aliphatic carbocycles. The maximum absolute atomic E-state index is 14.4. The van der Waals surface area contributed by atoms with Crippen molar-refractivity contribution in [3.63, 3.8) is 0 Å². The lowest BCUT2D eigenvalue weighted by Crippen LogP contribution is -2.53. The number of nitrogens with one attached hydrogen (secondary N) is 1. The SMILES string of the molecule is CCCNC(=O)[C@@H](Cc1ccccc1)N(Cc1ccc(C)cc1)C(=O)CN(c1ccc(OC)cc1)S(=O)(=O)c1ccccc1. The summed E-state index contributed by atoms with van der Waals surface area (Å²) >= 11 is 0. The summed E-state index contributed by atoms with van der Waals surface area (Å²) in [7, 11) is -2.63. The molecule has 0 aliphatic rings. The number of hydrogen-bond donors (Lipinski definition) is 1. The Bertz CT molecular complexity index is 1610. The van der Waals surface area contributed by atoms with E-state index >= 15 is 0 Å². The van der Waals surface area contributed by atoms with Crippen LogP contribution in [0.3, 0.4) is 0 Å². The molecule has 1 atom stereocenters. The molecule has 4 rings (SSSR count). The van der Waals surface area contributed by atoms with Crippen LogP contribution in [0, 0.1) is 6.92 Å². The van der Waals surface area contributed by atoms with Gasteiger partial charge in [0, 0.05) is 19.5 Å². The van der Waals surface area contributed by atoms with E-state index in [1.54, 1.807) is 42.5 Å². The Kier molecular flexibility index (Phi) is 11.2. The number of rotatable bonds is 14. The highest BCUT2D eigenvalue weighted by Crippen LogP contribution is 2.27. The van der Waals surface area contributed by atoms with E-state index in [2.05, 4.69) is 5.32 Å². The largest absolute Gasteiger partial charge is 0.497 e. The number of carbonyl (C=O) groups is 2. The van der Waals surface area contributed by atoms with Crippen molar-refractivity contribution in [1.29, 1.82) is 0 Å². The Labute approximate surface area is 260 Å². The first-order valence-corrected chi connectivity index (χ1v) is 16.1. The number of anilines is 1. The zero-order valence-corrected chi connectivity index (χ0v) is 26.2. The van der Waals surface area contributed by atoms with Gasteiger partial charge in [0.05, 0.1) is 17.7 Å². The standard InChI is InChI=1S/C35H39N3O5S/c1-4-23-36-35(40)33(24-28-11-7-5-8-12-28)37(25-29-17-15-27(2)16-18-29)34(39)26-38(30-19-21-31(43-3)22-20-30)44(41,42)32-13-9-6-10-14-32/h5-22,33H,4,23-26H2,1-3H3,(H,36,40)/t33-/m1/s1. The van der Waals surface area contributed by atoms with Gasteiger partial charge in [-0.2, -0.15) is 0 Å². The second-order valence-corrected chi connectivity index (χ2v) is 12.4.